The van der Waals surface area contributed by atoms with E-state index in [9.17, 15) is 0 Å². The summed E-state index contributed by atoms with van der Waals surface area (Å²) in [6, 6.07) is 8.33. The summed E-state index contributed by atoms with van der Waals surface area (Å²) >= 11 is 0. The van der Waals surface area contributed by atoms with E-state index >= 15 is 0 Å². The van der Waals surface area contributed by atoms with Crippen molar-refractivity contribution in [2.45, 2.75) is 19.8 Å². The number of likely N-dealkylation sites (N-methyl/N-ethyl adjacent to an activating group) is 1. The van der Waals surface area contributed by atoms with E-state index in [0.717, 1.165) is 37.4 Å². The van der Waals surface area contributed by atoms with E-state index in [1.165, 1.54) is 5.56 Å². The molecule has 2 aromatic rings. The van der Waals surface area contributed by atoms with Gasteiger partial charge >= 0.3 is 0 Å². The Morgan fingerprint density at radius 3 is 2.60 bits per heavy atom. The van der Waals surface area contributed by atoms with E-state index in [2.05, 4.69) is 51.5 Å². The van der Waals surface area contributed by atoms with Gasteiger partial charge in [0.1, 0.15) is 0 Å². The molecule has 1 aromatic carbocycles. The zero-order chi connectivity index (χ0) is 14.4. The summed E-state index contributed by atoms with van der Waals surface area (Å²) in [6.45, 7) is 3.80. The fourth-order valence-electron chi connectivity index (χ4n) is 1.80. The third-order valence-electron chi connectivity index (χ3n) is 3.01. The molecule has 0 fully saturated rings. The van der Waals surface area contributed by atoms with Gasteiger partial charge in [0, 0.05) is 31.6 Å². The smallest absolute Gasteiger partial charge is 0.228 e. The van der Waals surface area contributed by atoms with Crippen LogP contribution in [0.25, 0.3) is 0 Å². The van der Waals surface area contributed by atoms with Crippen LogP contribution in [-0.4, -0.2) is 42.2 Å². The second kappa shape index (κ2) is 7.05. The first-order valence-corrected chi connectivity index (χ1v) is 6.90. The van der Waals surface area contributed by atoms with Gasteiger partial charge in [0.2, 0.25) is 5.89 Å². The average molecular weight is 274 g/mol. The lowest BCUT2D eigenvalue weighted by Gasteiger charge is -2.05. The quantitative estimate of drug-likeness (QED) is 0.838. The molecular formula is C15H22N4O. The van der Waals surface area contributed by atoms with E-state index in [0.29, 0.717) is 5.89 Å². The second-order valence-electron chi connectivity index (χ2n) is 5.20. The highest BCUT2D eigenvalue weighted by molar-refractivity contribution is 5.44. The number of nitrogens with one attached hydrogen (secondary N) is 1. The molecule has 1 N–H and O–H groups in total. The van der Waals surface area contributed by atoms with E-state index in [1.807, 2.05) is 14.1 Å². The molecule has 0 unspecified atom stereocenters. The number of hydrogen-bond donors (Lipinski definition) is 1. The first-order valence-electron chi connectivity index (χ1n) is 6.90. The van der Waals surface area contributed by atoms with Gasteiger partial charge in [-0.15, -0.1) is 0 Å². The normalized spacial score (nSPS) is 11.0. The fraction of sp³-hybridized carbons (Fsp3) is 0.467. The Morgan fingerprint density at radius 1 is 1.15 bits per heavy atom. The maximum atomic E-state index is 5.23. The van der Waals surface area contributed by atoms with Gasteiger partial charge in [-0.25, -0.2) is 0 Å². The molecule has 108 valence electrons. The molecule has 1 aromatic heterocycles. The summed E-state index contributed by atoms with van der Waals surface area (Å²) in [6.07, 6.45) is 1.56. The van der Waals surface area contributed by atoms with Crippen molar-refractivity contribution >= 4 is 5.69 Å². The lowest BCUT2D eigenvalue weighted by molar-refractivity contribution is 0.367. The van der Waals surface area contributed by atoms with Crippen molar-refractivity contribution in [1.82, 2.24) is 15.0 Å². The molecule has 0 saturated carbocycles. The minimum Gasteiger partial charge on any atom is -0.385 e. The van der Waals surface area contributed by atoms with Crippen molar-refractivity contribution in [3.63, 3.8) is 0 Å². The van der Waals surface area contributed by atoms with Crippen LogP contribution in [0.15, 0.2) is 28.8 Å². The molecule has 0 aliphatic rings. The standard InChI is InChI=1S/C15H22N4O/c1-12-4-6-13(7-5-12)16-10-8-15-17-14(18-20-15)9-11-19(2)3/h4-7,16H,8-11H2,1-3H3. The van der Waals surface area contributed by atoms with Gasteiger partial charge < -0.3 is 14.7 Å². The molecule has 0 amide bonds. The maximum Gasteiger partial charge on any atom is 0.228 e. The molecule has 0 aliphatic carbocycles. The van der Waals surface area contributed by atoms with Crippen molar-refractivity contribution in [3.05, 3.63) is 41.5 Å². The highest BCUT2D eigenvalue weighted by Gasteiger charge is 2.06. The number of nitrogens with zero attached hydrogens (tertiary/aromatic N) is 3. The topological polar surface area (TPSA) is 54.2 Å². The Morgan fingerprint density at radius 2 is 1.90 bits per heavy atom. The van der Waals surface area contributed by atoms with Gasteiger partial charge in [-0.3, -0.25) is 0 Å². The molecule has 0 atom stereocenters. The summed E-state index contributed by atoms with van der Waals surface area (Å²) < 4.78 is 5.23. The molecule has 5 heteroatoms. The molecular weight excluding hydrogens is 252 g/mol. The lowest BCUT2D eigenvalue weighted by atomic mass is 10.2. The Labute approximate surface area is 120 Å². The van der Waals surface area contributed by atoms with E-state index in [1.54, 1.807) is 0 Å². The number of anilines is 1. The summed E-state index contributed by atoms with van der Waals surface area (Å²) in [7, 11) is 4.07. The third-order valence-corrected chi connectivity index (χ3v) is 3.01. The first kappa shape index (κ1) is 14.5. The van der Waals surface area contributed by atoms with Gasteiger partial charge in [0.15, 0.2) is 5.82 Å². The van der Waals surface area contributed by atoms with Crippen LogP contribution in [0.4, 0.5) is 5.69 Å². The van der Waals surface area contributed by atoms with Crippen LogP contribution in [0.3, 0.4) is 0 Å². The number of hydrogen-bond acceptors (Lipinski definition) is 5. The SMILES string of the molecule is Cc1ccc(NCCc2nc(CCN(C)C)no2)cc1. The van der Waals surface area contributed by atoms with Crippen LogP contribution in [0.2, 0.25) is 0 Å². The van der Waals surface area contributed by atoms with Crippen molar-refractivity contribution in [1.29, 1.82) is 0 Å². The van der Waals surface area contributed by atoms with Crippen molar-refractivity contribution in [2.24, 2.45) is 0 Å². The zero-order valence-corrected chi connectivity index (χ0v) is 12.4. The molecule has 20 heavy (non-hydrogen) atoms. The Balaban J connectivity index is 1.75. The van der Waals surface area contributed by atoms with Crippen LogP contribution in [-0.2, 0) is 12.8 Å². The fourth-order valence-corrected chi connectivity index (χ4v) is 1.80. The second-order valence-corrected chi connectivity index (χ2v) is 5.20. The minimum atomic E-state index is 0.693. The predicted molar refractivity (Wildman–Crippen MR) is 79.9 cm³/mol. The van der Waals surface area contributed by atoms with Crippen molar-refractivity contribution < 1.29 is 4.52 Å². The zero-order valence-electron chi connectivity index (χ0n) is 12.4. The van der Waals surface area contributed by atoms with E-state index in [-0.39, 0.29) is 0 Å². The van der Waals surface area contributed by atoms with E-state index in [4.69, 9.17) is 4.52 Å². The summed E-state index contributed by atoms with van der Waals surface area (Å²) in [5, 5.41) is 7.33. The number of aryl methyl sites for hydroxylation is 1. The van der Waals surface area contributed by atoms with Gasteiger partial charge in [-0.1, -0.05) is 22.9 Å². The Hall–Kier alpha value is -1.88. The first-order chi connectivity index (χ1) is 9.63. The van der Waals surface area contributed by atoms with Gasteiger partial charge in [-0.2, -0.15) is 4.98 Å². The Bertz CT molecular complexity index is 519. The third kappa shape index (κ3) is 4.66. The molecule has 0 saturated heterocycles. The minimum absolute atomic E-state index is 0.693. The monoisotopic (exact) mass is 274 g/mol. The lowest BCUT2D eigenvalue weighted by Crippen LogP contribution is -2.15. The van der Waals surface area contributed by atoms with Gasteiger partial charge in [0.25, 0.3) is 0 Å². The van der Waals surface area contributed by atoms with Crippen molar-refractivity contribution in [3.8, 4) is 0 Å². The number of rotatable bonds is 7. The molecule has 0 bridgehead atoms. The molecule has 1 heterocycles. The molecule has 5 nitrogen and oxygen atoms in total. The number of benzene rings is 1. The molecule has 0 radical (unpaired) electrons. The summed E-state index contributed by atoms with van der Waals surface area (Å²) in [4.78, 5) is 6.49. The molecule has 0 spiro atoms. The van der Waals surface area contributed by atoms with Crippen molar-refractivity contribution in [2.75, 3.05) is 32.5 Å². The van der Waals surface area contributed by atoms with Crippen LogP contribution < -0.4 is 5.32 Å². The summed E-state index contributed by atoms with van der Waals surface area (Å²) in [5.41, 5.74) is 2.38. The van der Waals surface area contributed by atoms with Crippen LogP contribution >= 0.6 is 0 Å². The predicted octanol–water partition coefficient (Wildman–Crippen LogP) is 2.14. The summed E-state index contributed by atoms with van der Waals surface area (Å²) in [5.74, 6) is 1.47. The van der Waals surface area contributed by atoms with Crippen LogP contribution in [0.5, 0.6) is 0 Å². The molecule has 2 rings (SSSR count). The van der Waals surface area contributed by atoms with E-state index < -0.39 is 0 Å². The Kier molecular flexibility index (Phi) is 5.12. The molecule has 0 aliphatic heterocycles. The highest BCUT2D eigenvalue weighted by Crippen LogP contribution is 2.08. The highest BCUT2D eigenvalue weighted by atomic mass is 16.5. The average Bonchev–Trinajstić information content (AvgIpc) is 2.87. The van der Waals surface area contributed by atoms with Gasteiger partial charge in [-0.05, 0) is 33.2 Å². The number of aromatic nitrogens is 2. The van der Waals surface area contributed by atoms with Crippen LogP contribution in [0.1, 0.15) is 17.3 Å². The van der Waals surface area contributed by atoms with Gasteiger partial charge in [0.05, 0.1) is 0 Å². The maximum absolute atomic E-state index is 5.23. The largest absolute Gasteiger partial charge is 0.385 e. The van der Waals surface area contributed by atoms with Crippen LogP contribution in [0, 0.1) is 6.92 Å².